The molecule has 0 aliphatic heterocycles. The first kappa shape index (κ1) is 21.0. The highest BCUT2D eigenvalue weighted by atomic mass is 16.5. The molecule has 1 aromatic carbocycles. The lowest BCUT2D eigenvalue weighted by atomic mass is 10.1. The predicted octanol–water partition coefficient (Wildman–Crippen LogP) is 1.89. The van der Waals surface area contributed by atoms with Crippen molar-refractivity contribution in [2.24, 2.45) is 11.7 Å². The van der Waals surface area contributed by atoms with Crippen LogP contribution in [0.2, 0.25) is 0 Å². The molecule has 1 atom stereocenters. The van der Waals surface area contributed by atoms with E-state index in [4.69, 9.17) is 10.5 Å². The lowest BCUT2D eigenvalue weighted by Crippen LogP contribution is -2.47. The van der Waals surface area contributed by atoms with Crippen LogP contribution in [0.1, 0.15) is 45.7 Å². The molecule has 0 unspecified atom stereocenters. The Bertz CT molecular complexity index is 606. The number of carbonyl (C=O) groups is 2. The zero-order chi connectivity index (χ0) is 19.2. The van der Waals surface area contributed by atoms with Gasteiger partial charge in [0.25, 0.3) is 0 Å². The number of hydrogen-bond acceptors (Lipinski definition) is 4. The van der Waals surface area contributed by atoms with Gasteiger partial charge in [-0.1, -0.05) is 26.0 Å². The van der Waals surface area contributed by atoms with Crippen molar-refractivity contribution in [1.82, 2.24) is 10.6 Å². The fourth-order valence-corrected chi connectivity index (χ4v) is 2.08. The van der Waals surface area contributed by atoms with Crippen LogP contribution in [-0.4, -0.2) is 30.0 Å². The van der Waals surface area contributed by atoms with Crippen LogP contribution >= 0.6 is 0 Å². The molecule has 0 aliphatic carbocycles. The molecule has 0 heterocycles. The summed E-state index contributed by atoms with van der Waals surface area (Å²) >= 11 is 0. The molecule has 25 heavy (non-hydrogen) atoms. The summed E-state index contributed by atoms with van der Waals surface area (Å²) < 4.78 is 5.96. The SMILES string of the molecule is Cc1ccc(CNC(=O)CNC(=O)[C@@H](N)C(C)C)c(OC(C)(C)C)c1. The topological polar surface area (TPSA) is 93.5 Å². The number of rotatable bonds is 7. The number of carbonyl (C=O) groups excluding carboxylic acids is 2. The number of hydrogen-bond donors (Lipinski definition) is 3. The Morgan fingerprint density at radius 2 is 1.84 bits per heavy atom. The average molecular weight is 349 g/mol. The number of benzene rings is 1. The Morgan fingerprint density at radius 1 is 1.20 bits per heavy atom. The van der Waals surface area contributed by atoms with Crippen molar-refractivity contribution in [2.75, 3.05) is 6.54 Å². The third-order valence-corrected chi connectivity index (χ3v) is 3.56. The predicted molar refractivity (Wildman–Crippen MR) is 99.2 cm³/mol. The average Bonchev–Trinajstić information content (AvgIpc) is 2.49. The largest absolute Gasteiger partial charge is 0.488 e. The Morgan fingerprint density at radius 3 is 2.40 bits per heavy atom. The maximum Gasteiger partial charge on any atom is 0.239 e. The van der Waals surface area contributed by atoms with Crippen molar-refractivity contribution >= 4 is 11.8 Å². The Hall–Kier alpha value is -2.08. The minimum atomic E-state index is -0.614. The van der Waals surface area contributed by atoms with Gasteiger partial charge in [0.1, 0.15) is 11.4 Å². The molecule has 0 aromatic heterocycles. The molecule has 2 amide bonds. The highest BCUT2D eigenvalue weighted by Crippen LogP contribution is 2.24. The number of aryl methyl sites for hydroxylation is 1. The molecular weight excluding hydrogens is 318 g/mol. The molecule has 6 heteroatoms. The molecule has 0 aliphatic rings. The smallest absolute Gasteiger partial charge is 0.239 e. The van der Waals surface area contributed by atoms with Crippen molar-refractivity contribution in [2.45, 2.75) is 59.7 Å². The second kappa shape index (κ2) is 8.85. The van der Waals surface area contributed by atoms with Gasteiger partial charge in [-0.25, -0.2) is 0 Å². The second-order valence-corrected chi connectivity index (χ2v) is 7.59. The van der Waals surface area contributed by atoms with Gasteiger partial charge in [0.05, 0.1) is 12.6 Å². The summed E-state index contributed by atoms with van der Waals surface area (Å²) in [6.07, 6.45) is 0. The lowest BCUT2D eigenvalue weighted by molar-refractivity contribution is -0.127. The van der Waals surface area contributed by atoms with Gasteiger partial charge in [-0.3, -0.25) is 9.59 Å². The summed E-state index contributed by atoms with van der Waals surface area (Å²) in [7, 11) is 0. The van der Waals surface area contributed by atoms with Gasteiger partial charge in [-0.05, 0) is 45.2 Å². The van der Waals surface area contributed by atoms with E-state index in [-0.39, 0.29) is 29.9 Å². The van der Waals surface area contributed by atoms with Crippen molar-refractivity contribution in [1.29, 1.82) is 0 Å². The maximum atomic E-state index is 12.0. The van der Waals surface area contributed by atoms with E-state index in [1.165, 1.54) is 0 Å². The Labute approximate surface area is 150 Å². The summed E-state index contributed by atoms with van der Waals surface area (Å²) in [6.45, 7) is 11.9. The van der Waals surface area contributed by atoms with E-state index in [0.29, 0.717) is 6.54 Å². The summed E-state index contributed by atoms with van der Waals surface area (Å²) in [5.41, 5.74) is 7.39. The van der Waals surface area contributed by atoms with Crippen molar-refractivity contribution < 1.29 is 14.3 Å². The minimum Gasteiger partial charge on any atom is -0.488 e. The van der Waals surface area contributed by atoms with Crippen LogP contribution in [0.25, 0.3) is 0 Å². The van der Waals surface area contributed by atoms with E-state index in [2.05, 4.69) is 10.6 Å². The third-order valence-electron chi connectivity index (χ3n) is 3.56. The molecular formula is C19H31N3O3. The molecule has 0 saturated heterocycles. The standard InChI is InChI=1S/C19H31N3O3/c1-12(2)17(20)18(24)22-11-16(23)21-10-14-8-7-13(3)9-15(14)25-19(4,5)6/h7-9,12,17H,10-11,20H2,1-6H3,(H,21,23)(H,22,24)/t17-/m0/s1. The maximum absolute atomic E-state index is 12.0. The Kier molecular flexibility index (Phi) is 7.42. The van der Waals surface area contributed by atoms with Gasteiger partial charge in [-0.2, -0.15) is 0 Å². The van der Waals surface area contributed by atoms with Crippen LogP contribution < -0.4 is 21.1 Å². The van der Waals surface area contributed by atoms with Gasteiger partial charge in [-0.15, -0.1) is 0 Å². The fraction of sp³-hybridized carbons (Fsp3) is 0.579. The van der Waals surface area contributed by atoms with Crippen LogP contribution in [-0.2, 0) is 16.1 Å². The van der Waals surface area contributed by atoms with Crippen LogP contribution in [0, 0.1) is 12.8 Å². The molecule has 0 radical (unpaired) electrons. The molecule has 0 fully saturated rings. The summed E-state index contributed by atoms with van der Waals surface area (Å²) in [6, 6.07) is 5.25. The Balaban J connectivity index is 2.60. The van der Waals surface area contributed by atoms with Gasteiger partial charge in [0.15, 0.2) is 0 Å². The molecule has 0 spiro atoms. The molecule has 4 N–H and O–H groups in total. The fourth-order valence-electron chi connectivity index (χ4n) is 2.08. The zero-order valence-electron chi connectivity index (χ0n) is 16.1. The molecule has 0 saturated carbocycles. The highest BCUT2D eigenvalue weighted by molar-refractivity contribution is 5.87. The number of amides is 2. The minimum absolute atomic E-state index is 0.0210. The molecule has 140 valence electrons. The van der Waals surface area contributed by atoms with E-state index in [9.17, 15) is 9.59 Å². The summed E-state index contributed by atoms with van der Waals surface area (Å²) in [4.78, 5) is 23.7. The van der Waals surface area contributed by atoms with E-state index in [1.807, 2.05) is 59.7 Å². The van der Waals surface area contributed by atoms with E-state index in [1.54, 1.807) is 0 Å². The summed E-state index contributed by atoms with van der Waals surface area (Å²) in [5, 5.41) is 5.35. The first-order chi connectivity index (χ1) is 11.5. The van der Waals surface area contributed by atoms with Gasteiger partial charge < -0.3 is 21.1 Å². The molecule has 1 aromatic rings. The van der Waals surface area contributed by atoms with Crippen LogP contribution in [0.4, 0.5) is 0 Å². The summed E-state index contributed by atoms with van der Waals surface area (Å²) in [5.74, 6) is 0.176. The van der Waals surface area contributed by atoms with Crippen LogP contribution in [0.15, 0.2) is 18.2 Å². The monoisotopic (exact) mass is 349 g/mol. The first-order valence-corrected chi connectivity index (χ1v) is 8.58. The van der Waals surface area contributed by atoms with Crippen LogP contribution in [0.3, 0.4) is 0 Å². The van der Waals surface area contributed by atoms with Crippen molar-refractivity contribution in [3.05, 3.63) is 29.3 Å². The van der Waals surface area contributed by atoms with Crippen molar-refractivity contribution in [3.8, 4) is 5.75 Å². The molecule has 1 rings (SSSR count). The van der Waals surface area contributed by atoms with Crippen molar-refractivity contribution in [3.63, 3.8) is 0 Å². The quantitative estimate of drug-likeness (QED) is 0.701. The normalized spacial score (nSPS) is 12.6. The number of nitrogens with two attached hydrogens (primary N) is 1. The van der Waals surface area contributed by atoms with E-state index < -0.39 is 6.04 Å². The third kappa shape index (κ3) is 7.56. The van der Waals surface area contributed by atoms with Crippen LogP contribution in [0.5, 0.6) is 5.75 Å². The zero-order valence-corrected chi connectivity index (χ0v) is 16.1. The number of ether oxygens (including phenoxy) is 1. The first-order valence-electron chi connectivity index (χ1n) is 8.58. The van der Waals surface area contributed by atoms with Gasteiger partial charge >= 0.3 is 0 Å². The highest BCUT2D eigenvalue weighted by Gasteiger charge is 2.18. The van der Waals surface area contributed by atoms with Gasteiger partial charge in [0.2, 0.25) is 11.8 Å². The van der Waals surface area contributed by atoms with E-state index >= 15 is 0 Å². The van der Waals surface area contributed by atoms with E-state index in [0.717, 1.165) is 16.9 Å². The number of nitrogens with one attached hydrogen (secondary N) is 2. The van der Waals surface area contributed by atoms with Gasteiger partial charge in [0, 0.05) is 12.1 Å². The molecule has 6 nitrogen and oxygen atoms in total. The molecule has 0 bridgehead atoms. The lowest BCUT2D eigenvalue weighted by Gasteiger charge is -2.24. The second-order valence-electron chi connectivity index (χ2n) is 7.59.